The number of hydrogen-bond donors (Lipinski definition) is 2. The maximum atomic E-state index is 12.8. The molecule has 0 radical (unpaired) electrons. The number of fused-ring (bicyclic) bond motifs is 1. The number of hydrogen-bond acceptors (Lipinski definition) is 11. The van der Waals surface area contributed by atoms with Crippen molar-refractivity contribution >= 4 is 51.3 Å². The van der Waals surface area contributed by atoms with E-state index in [0.717, 1.165) is 20.1 Å². The zero-order chi connectivity index (χ0) is 22.6. The largest absolute Gasteiger partial charge is 0.378 e. The van der Waals surface area contributed by atoms with Gasteiger partial charge in [0.25, 0.3) is 5.91 Å². The number of aromatic nitrogens is 6. The summed E-state index contributed by atoms with van der Waals surface area (Å²) in [6.45, 7) is 0. The zero-order valence-corrected chi connectivity index (χ0v) is 18.5. The molecule has 0 saturated heterocycles. The molecule has 0 unspecified atom stereocenters. The van der Waals surface area contributed by atoms with E-state index in [1.165, 1.54) is 22.7 Å². The Hall–Kier alpha value is -4.10. The average Bonchev–Trinajstić information content (AvgIpc) is 3.55. The van der Waals surface area contributed by atoms with E-state index in [-0.39, 0.29) is 17.3 Å². The van der Waals surface area contributed by atoms with Crippen LogP contribution < -0.4 is 11.2 Å². The first-order chi connectivity index (χ1) is 16.2. The smallest absolute Gasteiger partial charge is 0.293 e. The predicted molar refractivity (Wildman–Crippen MR) is 124 cm³/mol. The molecular formula is C20H15N9O2S2. The molecule has 5 rings (SSSR count). The maximum absolute atomic E-state index is 12.8. The Balaban J connectivity index is 1.41. The number of rotatable bonds is 7. The highest BCUT2D eigenvalue weighted by Gasteiger charge is 2.24. The van der Waals surface area contributed by atoms with Gasteiger partial charge in [-0.2, -0.15) is 9.78 Å². The van der Waals surface area contributed by atoms with Crippen molar-refractivity contribution in [1.82, 2.24) is 35.7 Å². The summed E-state index contributed by atoms with van der Waals surface area (Å²) in [4.78, 5) is 17.4. The van der Waals surface area contributed by atoms with Crippen LogP contribution in [-0.4, -0.2) is 42.4 Å². The molecule has 0 spiro atoms. The number of carbonyl (C=O) groups excluding carboxylic acids is 1. The van der Waals surface area contributed by atoms with Gasteiger partial charge in [-0.15, -0.1) is 16.4 Å². The topological polar surface area (TPSA) is 150 Å². The summed E-state index contributed by atoms with van der Waals surface area (Å²) in [6, 6.07) is 17.3. The number of benzene rings is 2. The monoisotopic (exact) mass is 477 g/mol. The van der Waals surface area contributed by atoms with Gasteiger partial charge < -0.3 is 5.73 Å². The van der Waals surface area contributed by atoms with Gasteiger partial charge in [0.15, 0.2) is 10.0 Å². The first-order valence-corrected chi connectivity index (χ1v) is 11.4. The molecule has 11 nitrogen and oxygen atoms in total. The lowest BCUT2D eigenvalue weighted by Crippen LogP contribution is -2.20. The Morgan fingerprint density at radius 2 is 2.00 bits per heavy atom. The molecule has 5 aromatic rings. The quantitative estimate of drug-likeness (QED) is 0.205. The van der Waals surface area contributed by atoms with Gasteiger partial charge in [0.2, 0.25) is 11.6 Å². The number of nitrogen functional groups attached to an aromatic ring is 1. The molecule has 0 aliphatic rings. The van der Waals surface area contributed by atoms with Crippen LogP contribution in [0.25, 0.3) is 16.0 Å². The lowest BCUT2D eigenvalue weighted by Gasteiger charge is -2.04. The molecule has 13 heteroatoms. The molecule has 0 fully saturated rings. The number of nitrogens with one attached hydrogen (secondary N) is 1. The summed E-state index contributed by atoms with van der Waals surface area (Å²) < 4.78 is 7.93. The Morgan fingerprint density at radius 3 is 2.79 bits per heavy atom. The minimum atomic E-state index is -0.525. The molecule has 2 aromatic carbocycles. The molecule has 1 amide bonds. The van der Waals surface area contributed by atoms with Crippen molar-refractivity contribution in [2.24, 2.45) is 5.10 Å². The van der Waals surface area contributed by atoms with E-state index < -0.39 is 5.91 Å². The van der Waals surface area contributed by atoms with E-state index in [0.29, 0.717) is 11.4 Å². The molecule has 3 heterocycles. The number of thioether (sulfide) groups is 1. The van der Waals surface area contributed by atoms with E-state index in [9.17, 15) is 4.79 Å². The van der Waals surface area contributed by atoms with Crippen molar-refractivity contribution in [1.29, 1.82) is 0 Å². The summed E-state index contributed by atoms with van der Waals surface area (Å²) >= 11 is 3.00. The van der Waals surface area contributed by atoms with Gasteiger partial charge >= 0.3 is 0 Å². The van der Waals surface area contributed by atoms with Crippen LogP contribution in [0.5, 0.6) is 0 Å². The van der Waals surface area contributed by atoms with Crippen LogP contribution >= 0.6 is 23.1 Å². The van der Waals surface area contributed by atoms with Crippen LogP contribution in [0.1, 0.15) is 21.7 Å². The van der Waals surface area contributed by atoms with Crippen LogP contribution in [0.2, 0.25) is 0 Å². The number of thiazole rings is 1. The van der Waals surface area contributed by atoms with Crippen molar-refractivity contribution in [2.45, 2.75) is 10.1 Å². The minimum absolute atomic E-state index is 0.0280. The minimum Gasteiger partial charge on any atom is -0.378 e. The van der Waals surface area contributed by atoms with Crippen molar-refractivity contribution < 1.29 is 9.42 Å². The highest BCUT2D eigenvalue weighted by atomic mass is 32.2. The SMILES string of the molecule is Nc1nonc1-n1nnc(C(=O)N/N=C/c2ccccc2)c1CSc1nc2ccccc2s1. The molecule has 33 heavy (non-hydrogen) atoms. The Kier molecular flexibility index (Phi) is 5.78. The fourth-order valence-electron chi connectivity index (χ4n) is 2.92. The van der Waals surface area contributed by atoms with Crippen LogP contribution in [-0.2, 0) is 5.75 Å². The number of amides is 1. The fraction of sp³-hybridized carbons (Fsp3) is 0.0500. The lowest BCUT2D eigenvalue weighted by molar-refractivity contribution is 0.0949. The van der Waals surface area contributed by atoms with Gasteiger partial charge in [0, 0.05) is 5.75 Å². The molecule has 0 aliphatic carbocycles. The number of carbonyl (C=O) groups is 1. The van der Waals surface area contributed by atoms with Crippen LogP contribution in [0.3, 0.4) is 0 Å². The third-order valence-electron chi connectivity index (χ3n) is 4.46. The van der Waals surface area contributed by atoms with Gasteiger partial charge in [-0.3, -0.25) is 4.79 Å². The van der Waals surface area contributed by atoms with Crippen molar-refractivity contribution in [3.63, 3.8) is 0 Å². The number of nitrogens with zero attached hydrogens (tertiary/aromatic N) is 7. The molecule has 3 N–H and O–H groups in total. The molecule has 164 valence electrons. The number of anilines is 1. The molecule has 0 aliphatic heterocycles. The van der Waals surface area contributed by atoms with Gasteiger partial charge in [0.05, 0.1) is 22.1 Å². The summed E-state index contributed by atoms with van der Waals surface area (Å²) in [5.41, 5.74) is 10.6. The average molecular weight is 478 g/mol. The molecular weight excluding hydrogens is 462 g/mol. The molecule has 3 aromatic heterocycles. The number of para-hydroxylation sites is 1. The second-order valence-electron chi connectivity index (χ2n) is 6.62. The Bertz CT molecular complexity index is 1410. The standard InChI is InChI=1S/C20H15N9O2S2/c21-17-18(27-31-26-17)29-14(11-32-20-23-13-8-4-5-9-15(13)33-20)16(24-28-29)19(30)25-22-10-12-6-2-1-3-7-12/h1-10H,11H2,(H2,21,26)(H,25,30)/b22-10+. The van der Waals surface area contributed by atoms with E-state index >= 15 is 0 Å². The van der Waals surface area contributed by atoms with Gasteiger partial charge in [-0.25, -0.2) is 15.0 Å². The van der Waals surface area contributed by atoms with Crippen molar-refractivity contribution in [2.75, 3.05) is 5.73 Å². The second-order valence-corrected chi connectivity index (χ2v) is 8.87. The Labute approximate surface area is 194 Å². The normalized spacial score (nSPS) is 11.4. The first kappa shape index (κ1) is 20.8. The van der Waals surface area contributed by atoms with Crippen LogP contribution in [0.4, 0.5) is 5.82 Å². The molecule has 0 saturated carbocycles. The summed E-state index contributed by atoms with van der Waals surface area (Å²) in [7, 11) is 0. The highest BCUT2D eigenvalue weighted by Crippen LogP contribution is 2.32. The van der Waals surface area contributed by atoms with Gasteiger partial charge in [-0.1, -0.05) is 59.4 Å². The van der Waals surface area contributed by atoms with Crippen LogP contribution in [0.15, 0.2) is 68.7 Å². The Morgan fingerprint density at radius 1 is 1.18 bits per heavy atom. The third-order valence-corrected chi connectivity index (χ3v) is 6.65. The fourth-order valence-corrected chi connectivity index (χ4v) is 4.98. The first-order valence-electron chi connectivity index (χ1n) is 9.59. The number of hydrazone groups is 1. The van der Waals surface area contributed by atoms with E-state index in [2.05, 4.69) is 40.8 Å². The van der Waals surface area contributed by atoms with E-state index in [1.54, 1.807) is 11.3 Å². The second kappa shape index (κ2) is 9.18. The summed E-state index contributed by atoms with van der Waals surface area (Å²) in [5.74, 6) is -0.0256. The third kappa shape index (κ3) is 4.44. The molecule has 0 bridgehead atoms. The molecule has 0 atom stereocenters. The summed E-state index contributed by atoms with van der Waals surface area (Å²) in [6.07, 6.45) is 1.54. The lowest BCUT2D eigenvalue weighted by atomic mass is 10.2. The highest BCUT2D eigenvalue weighted by molar-refractivity contribution is 8.00. The number of nitrogens with two attached hydrogens (primary N) is 1. The summed E-state index contributed by atoms with van der Waals surface area (Å²) in [5, 5.41) is 19.4. The van der Waals surface area contributed by atoms with Crippen molar-refractivity contribution in [3.8, 4) is 5.82 Å². The van der Waals surface area contributed by atoms with E-state index in [4.69, 9.17) is 5.73 Å². The predicted octanol–water partition coefficient (Wildman–Crippen LogP) is 2.90. The van der Waals surface area contributed by atoms with Crippen molar-refractivity contribution in [3.05, 3.63) is 71.5 Å². The zero-order valence-electron chi connectivity index (χ0n) is 16.8. The van der Waals surface area contributed by atoms with Crippen LogP contribution in [0, 0.1) is 0 Å². The van der Waals surface area contributed by atoms with E-state index in [1.807, 2.05) is 54.6 Å². The van der Waals surface area contributed by atoms with Gasteiger partial charge in [-0.05, 0) is 28.0 Å². The van der Waals surface area contributed by atoms with Gasteiger partial charge in [0.1, 0.15) is 0 Å². The maximum Gasteiger partial charge on any atom is 0.293 e.